The summed E-state index contributed by atoms with van der Waals surface area (Å²) in [6, 6.07) is 3.50. The van der Waals surface area contributed by atoms with Gasteiger partial charge in [-0.05, 0) is 37.8 Å². The smallest absolute Gasteiger partial charge is 0.271 e. The summed E-state index contributed by atoms with van der Waals surface area (Å²) in [6.45, 7) is 2.18. The van der Waals surface area contributed by atoms with Gasteiger partial charge in [0, 0.05) is 12.6 Å². The van der Waals surface area contributed by atoms with Crippen LogP contribution in [0.5, 0.6) is 0 Å². The first kappa shape index (κ1) is 11.8. The topological polar surface area (TPSA) is 66.9 Å². The molecule has 1 heterocycles. The van der Waals surface area contributed by atoms with E-state index in [9.17, 15) is 4.79 Å². The van der Waals surface area contributed by atoms with Gasteiger partial charge >= 0.3 is 0 Å². The van der Waals surface area contributed by atoms with Crippen LogP contribution in [-0.2, 0) is 0 Å². The molecule has 5 nitrogen and oxygen atoms in total. The van der Waals surface area contributed by atoms with E-state index in [1.165, 1.54) is 19.3 Å². The maximum Gasteiger partial charge on any atom is 0.271 e. The molecule has 1 aromatic rings. The fourth-order valence-electron chi connectivity index (χ4n) is 2.09. The van der Waals surface area contributed by atoms with Crippen LogP contribution in [0.3, 0.4) is 0 Å². The number of amides is 1. The second kappa shape index (κ2) is 4.69. The minimum Gasteiger partial charge on any atom is -0.363 e. The molecule has 2 N–H and O–H groups in total. The molecule has 1 aliphatic carbocycles. The average molecular weight is 234 g/mol. The second-order valence-electron chi connectivity index (χ2n) is 4.50. The zero-order valence-electron chi connectivity index (χ0n) is 10.3. The lowest BCUT2D eigenvalue weighted by molar-refractivity contribution is 0.0957. The molecule has 0 atom stereocenters. The van der Waals surface area contributed by atoms with E-state index in [1.807, 2.05) is 6.07 Å². The van der Waals surface area contributed by atoms with Gasteiger partial charge in [0.15, 0.2) is 5.69 Å². The second-order valence-corrected chi connectivity index (χ2v) is 4.50. The Hall–Kier alpha value is -1.65. The molecule has 1 amide bonds. The van der Waals surface area contributed by atoms with Crippen LogP contribution in [0.1, 0.15) is 43.1 Å². The van der Waals surface area contributed by atoms with Crippen molar-refractivity contribution in [1.29, 1.82) is 0 Å². The molecule has 5 heteroatoms. The monoisotopic (exact) mass is 234 g/mol. The van der Waals surface area contributed by atoms with Crippen molar-refractivity contribution in [3.8, 4) is 0 Å². The first-order valence-corrected chi connectivity index (χ1v) is 6.03. The largest absolute Gasteiger partial charge is 0.363 e. The maximum atomic E-state index is 11.3. The Labute approximate surface area is 101 Å². The standard InChI is InChI=1S/C12H18N4O/c1-3-12(7-4-8-12)14-10-6-5-9(15-16-10)11(17)13-2/h5-6H,3-4,7-8H2,1-2H3,(H,13,17)(H,14,16). The van der Waals surface area contributed by atoms with E-state index in [-0.39, 0.29) is 11.4 Å². The quantitative estimate of drug-likeness (QED) is 0.830. The molecule has 0 spiro atoms. The van der Waals surface area contributed by atoms with Crippen LogP contribution < -0.4 is 10.6 Å². The van der Waals surface area contributed by atoms with Gasteiger partial charge in [-0.1, -0.05) is 6.92 Å². The summed E-state index contributed by atoms with van der Waals surface area (Å²) in [4.78, 5) is 11.3. The SMILES string of the molecule is CCC1(Nc2ccc(C(=O)NC)nn2)CCC1. The van der Waals surface area contributed by atoms with E-state index in [2.05, 4.69) is 27.8 Å². The maximum absolute atomic E-state index is 11.3. The van der Waals surface area contributed by atoms with E-state index >= 15 is 0 Å². The lowest BCUT2D eigenvalue weighted by Crippen LogP contribution is -2.44. The third-order valence-electron chi connectivity index (χ3n) is 3.50. The highest BCUT2D eigenvalue weighted by molar-refractivity contribution is 5.91. The van der Waals surface area contributed by atoms with E-state index in [1.54, 1.807) is 13.1 Å². The zero-order chi connectivity index (χ0) is 12.3. The summed E-state index contributed by atoms with van der Waals surface area (Å²) in [6.07, 6.45) is 4.72. The van der Waals surface area contributed by atoms with Crippen LogP contribution in [0.4, 0.5) is 5.82 Å². The third kappa shape index (κ3) is 2.38. The van der Waals surface area contributed by atoms with Gasteiger partial charge in [-0.25, -0.2) is 0 Å². The van der Waals surface area contributed by atoms with Crippen molar-refractivity contribution >= 4 is 11.7 Å². The normalized spacial score (nSPS) is 17.1. The summed E-state index contributed by atoms with van der Waals surface area (Å²) < 4.78 is 0. The van der Waals surface area contributed by atoms with Crippen molar-refractivity contribution in [3.63, 3.8) is 0 Å². The van der Waals surface area contributed by atoms with Crippen molar-refractivity contribution in [1.82, 2.24) is 15.5 Å². The summed E-state index contributed by atoms with van der Waals surface area (Å²) in [5.74, 6) is 0.539. The molecule has 2 rings (SSSR count). The lowest BCUT2D eigenvalue weighted by Gasteiger charge is -2.42. The molecule has 1 aliphatic rings. The highest BCUT2D eigenvalue weighted by Gasteiger charge is 2.35. The summed E-state index contributed by atoms with van der Waals surface area (Å²) in [5, 5.41) is 13.9. The highest BCUT2D eigenvalue weighted by Crippen LogP contribution is 2.37. The molecule has 1 fully saturated rings. The molecule has 1 saturated carbocycles. The molecule has 0 radical (unpaired) electrons. The van der Waals surface area contributed by atoms with Crippen molar-refractivity contribution in [3.05, 3.63) is 17.8 Å². The number of nitrogens with one attached hydrogen (secondary N) is 2. The van der Waals surface area contributed by atoms with Gasteiger partial charge in [0.05, 0.1) is 0 Å². The first-order chi connectivity index (χ1) is 8.19. The molecule has 0 aliphatic heterocycles. The molecule has 1 aromatic heterocycles. The Morgan fingerprint density at radius 2 is 2.18 bits per heavy atom. The molecule has 17 heavy (non-hydrogen) atoms. The number of aromatic nitrogens is 2. The average Bonchev–Trinajstić information content (AvgIpc) is 2.33. The lowest BCUT2D eigenvalue weighted by atomic mass is 9.75. The van der Waals surface area contributed by atoms with E-state index in [0.717, 1.165) is 12.2 Å². The Balaban J connectivity index is 2.05. The number of rotatable bonds is 4. The van der Waals surface area contributed by atoms with Crippen LogP contribution in [0.15, 0.2) is 12.1 Å². The number of carbonyl (C=O) groups excluding carboxylic acids is 1. The van der Waals surface area contributed by atoms with Crippen LogP contribution in [0.2, 0.25) is 0 Å². The Bertz CT molecular complexity index is 392. The Kier molecular flexibility index (Phi) is 3.26. The summed E-state index contributed by atoms with van der Waals surface area (Å²) in [7, 11) is 1.58. The molecule has 0 saturated heterocycles. The number of hydrogen-bond acceptors (Lipinski definition) is 4. The van der Waals surface area contributed by atoms with Crippen LogP contribution in [0, 0.1) is 0 Å². The number of anilines is 1. The van der Waals surface area contributed by atoms with Gasteiger partial charge in [-0.3, -0.25) is 4.79 Å². The Morgan fingerprint density at radius 3 is 2.59 bits per heavy atom. The van der Waals surface area contributed by atoms with Crippen molar-refractivity contribution in [2.24, 2.45) is 0 Å². The van der Waals surface area contributed by atoms with Crippen LogP contribution in [-0.4, -0.2) is 28.7 Å². The molecule has 0 aromatic carbocycles. The first-order valence-electron chi connectivity index (χ1n) is 6.03. The van der Waals surface area contributed by atoms with E-state index < -0.39 is 0 Å². The summed E-state index contributed by atoms with van der Waals surface area (Å²) >= 11 is 0. The minimum absolute atomic E-state index is 0.198. The predicted octanol–water partition coefficient (Wildman–Crippen LogP) is 1.58. The van der Waals surface area contributed by atoms with Crippen molar-refractivity contribution in [2.75, 3.05) is 12.4 Å². The highest BCUT2D eigenvalue weighted by atomic mass is 16.1. The van der Waals surface area contributed by atoms with Crippen molar-refractivity contribution in [2.45, 2.75) is 38.1 Å². The fourth-order valence-corrected chi connectivity index (χ4v) is 2.09. The van der Waals surface area contributed by atoms with Gasteiger partial charge in [-0.2, -0.15) is 0 Å². The van der Waals surface area contributed by atoms with Gasteiger partial charge in [0.25, 0.3) is 5.91 Å². The molecule has 0 unspecified atom stereocenters. The van der Waals surface area contributed by atoms with E-state index in [0.29, 0.717) is 5.69 Å². The number of hydrogen-bond donors (Lipinski definition) is 2. The van der Waals surface area contributed by atoms with Crippen LogP contribution in [0.25, 0.3) is 0 Å². The van der Waals surface area contributed by atoms with Gasteiger partial charge in [0.1, 0.15) is 5.82 Å². The molecule has 0 bridgehead atoms. The van der Waals surface area contributed by atoms with Gasteiger partial charge in [0.2, 0.25) is 0 Å². The molecular weight excluding hydrogens is 216 g/mol. The molecular formula is C12H18N4O. The van der Waals surface area contributed by atoms with Crippen LogP contribution >= 0.6 is 0 Å². The zero-order valence-corrected chi connectivity index (χ0v) is 10.3. The van der Waals surface area contributed by atoms with Gasteiger partial charge < -0.3 is 10.6 Å². The molecule has 92 valence electrons. The van der Waals surface area contributed by atoms with E-state index in [4.69, 9.17) is 0 Å². The predicted molar refractivity (Wildman–Crippen MR) is 65.9 cm³/mol. The number of nitrogens with zero attached hydrogens (tertiary/aromatic N) is 2. The fraction of sp³-hybridized carbons (Fsp3) is 0.583. The summed E-state index contributed by atoms with van der Waals surface area (Å²) in [5.41, 5.74) is 0.542. The number of carbonyl (C=O) groups is 1. The van der Waals surface area contributed by atoms with Crippen molar-refractivity contribution < 1.29 is 4.79 Å². The third-order valence-corrected chi connectivity index (χ3v) is 3.50. The Morgan fingerprint density at radius 1 is 1.41 bits per heavy atom. The van der Waals surface area contributed by atoms with Gasteiger partial charge in [-0.15, -0.1) is 10.2 Å². The minimum atomic E-state index is -0.210.